The number of hydrogen-bond acceptors (Lipinski definition) is 6. The number of nitrogens with one attached hydrogen (secondary N) is 2. The Morgan fingerprint density at radius 1 is 0.959 bits per heavy atom. The van der Waals surface area contributed by atoms with E-state index in [-0.39, 0.29) is 11.8 Å². The number of aromatic nitrogens is 1. The third-order valence-corrected chi connectivity index (χ3v) is 10.3. The Balaban J connectivity index is 1.19. The topological polar surface area (TPSA) is 128 Å². The van der Waals surface area contributed by atoms with Gasteiger partial charge in [-0.15, -0.1) is 0 Å². The molecule has 2 fully saturated rings. The number of carbonyl (C=O) groups is 3. The maximum atomic E-state index is 13.9. The molecular formula is C39H41N3O7. The van der Waals surface area contributed by atoms with Crippen molar-refractivity contribution in [1.82, 2.24) is 9.88 Å². The van der Waals surface area contributed by atoms with E-state index in [2.05, 4.69) is 27.3 Å². The summed E-state index contributed by atoms with van der Waals surface area (Å²) in [4.78, 5) is 38.6. The number of aliphatic carboxylic acids is 1. The molecule has 0 bridgehead atoms. The molecule has 0 spiro atoms. The fraction of sp³-hybridized carbons (Fsp3) is 0.359. The normalized spacial score (nSPS) is 16.9. The summed E-state index contributed by atoms with van der Waals surface area (Å²) in [6.07, 6.45) is 10.2. The van der Waals surface area contributed by atoms with Crippen molar-refractivity contribution in [3.63, 3.8) is 0 Å². The molecule has 4 aromatic rings. The van der Waals surface area contributed by atoms with E-state index in [1.54, 1.807) is 25.3 Å². The summed E-state index contributed by atoms with van der Waals surface area (Å²) in [6, 6.07) is 16.9. The molecule has 2 amide bonds. The van der Waals surface area contributed by atoms with Gasteiger partial charge in [0.15, 0.2) is 0 Å². The van der Waals surface area contributed by atoms with E-state index in [1.165, 1.54) is 38.0 Å². The summed E-state index contributed by atoms with van der Waals surface area (Å²) < 4.78 is 19.5. The van der Waals surface area contributed by atoms with Crippen LogP contribution in [0.2, 0.25) is 0 Å². The van der Waals surface area contributed by atoms with Gasteiger partial charge in [0.1, 0.15) is 29.4 Å². The molecule has 10 heteroatoms. The molecule has 7 rings (SSSR count). The maximum Gasteiger partial charge on any atom is 0.328 e. The van der Waals surface area contributed by atoms with Gasteiger partial charge < -0.3 is 34.5 Å². The summed E-state index contributed by atoms with van der Waals surface area (Å²) in [5, 5.41) is 16.2. The number of ether oxygens (including phenoxy) is 3. The largest absolute Gasteiger partial charge is 0.497 e. The molecule has 254 valence electrons. The molecule has 0 unspecified atom stereocenters. The van der Waals surface area contributed by atoms with Crippen molar-refractivity contribution in [2.24, 2.45) is 0 Å². The van der Waals surface area contributed by atoms with E-state index >= 15 is 0 Å². The zero-order valence-corrected chi connectivity index (χ0v) is 27.8. The highest BCUT2D eigenvalue weighted by Crippen LogP contribution is 2.48. The van der Waals surface area contributed by atoms with E-state index < -0.39 is 11.5 Å². The highest BCUT2D eigenvalue weighted by Gasteiger charge is 2.45. The van der Waals surface area contributed by atoms with Crippen molar-refractivity contribution in [2.45, 2.75) is 69.4 Å². The quantitative estimate of drug-likeness (QED) is 0.162. The van der Waals surface area contributed by atoms with Crippen LogP contribution in [-0.2, 0) is 16.1 Å². The SMILES string of the molecule is COc1ccc2c(c1)OCCn1c-2c(C2CCCCC2)c2ccc(C(=O)NC3(C(=O)Nc4ccc(/C=C/C(=O)O)c(OC)c4)CCC3)cc21. The monoisotopic (exact) mass is 663 g/mol. The number of fused-ring (bicyclic) bond motifs is 5. The minimum Gasteiger partial charge on any atom is -0.497 e. The number of carboxylic acid groups (broad SMARTS) is 1. The molecule has 0 atom stereocenters. The van der Waals surface area contributed by atoms with Crippen molar-refractivity contribution < 1.29 is 33.7 Å². The van der Waals surface area contributed by atoms with Crippen LogP contribution in [0.3, 0.4) is 0 Å². The molecular weight excluding hydrogens is 622 g/mol. The first-order valence-electron chi connectivity index (χ1n) is 17.0. The van der Waals surface area contributed by atoms with Gasteiger partial charge in [-0.2, -0.15) is 0 Å². The second-order valence-corrected chi connectivity index (χ2v) is 13.2. The van der Waals surface area contributed by atoms with Gasteiger partial charge >= 0.3 is 5.97 Å². The van der Waals surface area contributed by atoms with Crippen molar-refractivity contribution >= 4 is 40.4 Å². The number of benzene rings is 3. The van der Waals surface area contributed by atoms with Crippen LogP contribution in [0.5, 0.6) is 17.2 Å². The van der Waals surface area contributed by atoms with Crippen LogP contribution in [0.4, 0.5) is 5.69 Å². The molecule has 1 aliphatic heterocycles. The predicted octanol–water partition coefficient (Wildman–Crippen LogP) is 7.15. The standard InChI is InChI=1S/C39H41N3O7/c1-47-28-13-15-30-33(23-28)49-20-19-42-31-21-26(10-14-29(31)35(36(30)42)25-7-4-3-5-8-25)37(45)41-39(17-6-18-39)38(46)40-27-12-9-24(11-16-34(43)44)32(22-27)48-2/h9-16,21-23,25H,3-8,17-20H2,1-2H3,(H,40,46)(H,41,45)(H,43,44)/b16-11+. The summed E-state index contributed by atoms with van der Waals surface area (Å²) in [5.74, 6) is 0.720. The van der Waals surface area contributed by atoms with Crippen molar-refractivity contribution in [1.29, 1.82) is 0 Å². The summed E-state index contributed by atoms with van der Waals surface area (Å²) >= 11 is 0. The summed E-state index contributed by atoms with van der Waals surface area (Å²) in [7, 11) is 3.14. The number of methoxy groups -OCH3 is 2. The lowest BCUT2D eigenvalue weighted by Gasteiger charge is -2.40. The lowest BCUT2D eigenvalue weighted by molar-refractivity contribution is -0.131. The Morgan fingerprint density at radius 3 is 2.49 bits per heavy atom. The Morgan fingerprint density at radius 2 is 1.78 bits per heavy atom. The molecule has 3 aliphatic rings. The van der Waals surface area contributed by atoms with Crippen LogP contribution >= 0.6 is 0 Å². The first-order valence-corrected chi connectivity index (χ1v) is 17.0. The van der Waals surface area contributed by atoms with Crippen LogP contribution in [-0.4, -0.2) is 53.8 Å². The number of nitrogens with zero attached hydrogens (tertiary/aromatic N) is 1. The molecule has 2 aliphatic carbocycles. The molecule has 0 saturated heterocycles. The number of carboxylic acids is 1. The van der Waals surface area contributed by atoms with E-state index in [0.717, 1.165) is 59.0 Å². The van der Waals surface area contributed by atoms with Gasteiger partial charge in [-0.1, -0.05) is 25.3 Å². The van der Waals surface area contributed by atoms with Gasteiger partial charge in [0.2, 0.25) is 5.91 Å². The molecule has 2 saturated carbocycles. The second kappa shape index (κ2) is 13.3. The van der Waals surface area contributed by atoms with Gasteiger partial charge in [-0.05, 0) is 86.1 Å². The van der Waals surface area contributed by atoms with Gasteiger partial charge in [-0.3, -0.25) is 9.59 Å². The summed E-state index contributed by atoms with van der Waals surface area (Å²) in [5.41, 5.74) is 5.02. The molecule has 3 aromatic carbocycles. The number of carbonyl (C=O) groups excluding carboxylic acids is 2. The van der Waals surface area contributed by atoms with Crippen molar-refractivity contribution in [3.05, 3.63) is 77.4 Å². The van der Waals surface area contributed by atoms with Crippen LogP contribution in [0, 0.1) is 0 Å². The van der Waals surface area contributed by atoms with Crippen LogP contribution in [0.1, 0.15) is 78.8 Å². The van der Waals surface area contributed by atoms with Gasteiger partial charge in [0.05, 0.1) is 26.5 Å². The predicted molar refractivity (Wildman–Crippen MR) is 188 cm³/mol. The average Bonchev–Trinajstić information content (AvgIpc) is 3.30. The fourth-order valence-corrected chi connectivity index (χ4v) is 7.60. The van der Waals surface area contributed by atoms with Crippen molar-refractivity contribution in [2.75, 3.05) is 26.1 Å². The molecule has 3 N–H and O–H groups in total. The molecule has 49 heavy (non-hydrogen) atoms. The Labute approximate surface area is 285 Å². The minimum atomic E-state index is -1.07. The Bertz CT molecular complexity index is 1970. The molecule has 2 heterocycles. The second-order valence-electron chi connectivity index (χ2n) is 13.2. The fourth-order valence-electron chi connectivity index (χ4n) is 7.60. The number of rotatable bonds is 9. The van der Waals surface area contributed by atoms with Crippen LogP contribution in [0.15, 0.2) is 60.7 Å². The first-order chi connectivity index (χ1) is 23.8. The lowest BCUT2D eigenvalue weighted by atomic mass is 9.75. The highest BCUT2D eigenvalue weighted by atomic mass is 16.5. The zero-order chi connectivity index (χ0) is 34.1. The molecule has 0 radical (unpaired) electrons. The van der Waals surface area contributed by atoms with Crippen LogP contribution < -0.4 is 24.8 Å². The first kappa shape index (κ1) is 32.3. The van der Waals surface area contributed by atoms with Gasteiger partial charge in [-0.25, -0.2) is 4.79 Å². The smallest absolute Gasteiger partial charge is 0.328 e. The number of amides is 2. The number of anilines is 1. The average molecular weight is 664 g/mol. The molecule has 1 aromatic heterocycles. The van der Waals surface area contributed by atoms with E-state index in [4.69, 9.17) is 19.3 Å². The van der Waals surface area contributed by atoms with Gasteiger partial charge in [0, 0.05) is 51.5 Å². The van der Waals surface area contributed by atoms with Crippen molar-refractivity contribution in [3.8, 4) is 28.5 Å². The number of hydrogen-bond donors (Lipinski definition) is 3. The van der Waals surface area contributed by atoms with E-state index in [9.17, 15) is 14.4 Å². The maximum absolute atomic E-state index is 13.9. The van der Waals surface area contributed by atoms with Gasteiger partial charge in [0.25, 0.3) is 5.91 Å². The Kier molecular flexibility index (Phi) is 8.79. The van der Waals surface area contributed by atoms with E-state index in [0.29, 0.717) is 54.5 Å². The Hall–Kier alpha value is -5.25. The lowest BCUT2D eigenvalue weighted by Crippen LogP contribution is -2.61. The summed E-state index contributed by atoms with van der Waals surface area (Å²) in [6.45, 7) is 1.13. The highest BCUT2D eigenvalue weighted by molar-refractivity contribution is 6.06. The van der Waals surface area contributed by atoms with Crippen LogP contribution in [0.25, 0.3) is 28.2 Å². The third-order valence-electron chi connectivity index (χ3n) is 10.3. The minimum absolute atomic E-state index is 0.298. The molecule has 10 nitrogen and oxygen atoms in total. The van der Waals surface area contributed by atoms with E-state index in [1.807, 2.05) is 24.3 Å². The zero-order valence-electron chi connectivity index (χ0n) is 27.8. The third kappa shape index (κ3) is 6.11.